The Morgan fingerprint density at radius 2 is 1.94 bits per heavy atom. The van der Waals surface area contributed by atoms with Crippen molar-refractivity contribution in [1.29, 1.82) is 0 Å². The fraction of sp³-hybridized carbons (Fsp3) is 0.917. The van der Waals surface area contributed by atoms with Gasteiger partial charge in [-0.05, 0) is 31.3 Å². The molecule has 1 amide bonds. The summed E-state index contributed by atoms with van der Waals surface area (Å²) >= 11 is 0. The number of methoxy groups -OCH3 is 1. The van der Waals surface area contributed by atoms with Crippen LogP contribution in [0.15, 0.2) is 0 Å². The van der Waals surface area contributed by atoms with Gasteiger partial charge in [-0.1, -0.05) is 20.8 Å². The van der Waals surface area contributed by atoms with Crippen molar-refractivity contribution in [1.82, 2.24) is 10.6 Å². The van der Waals surface area contributed by atoms with E-state index in [0.717, 1.165) is 25.9 Å². The molecule has 0 aromatic heterocycles. The minimum atomic E-state index is -0.615. The fourth-order valence-corrected chi connectivity index (χ4v) is 1.86. The van der Waals surface area contributed by atoms with Gasteiger partial charge >= 0.3 is 0 Å². The normalized spacial score (nSPS) is 20.5. The van der Waals surface area contributed by atoms with Crippen molar-refractivity contribution >= 4 is 5.91 Å². The SMILES string of the molecule is COC1(C(=O)NCC(C)(C)C)CCNCC1. The van der Waals surface area contributed by atoms with Gasteiger partial charge in [-0.3, -0.25) is 4.79 Å². The summed E-state index contributed by atoms with van der Waals surface area (Å²) in [5, 5.41) is 6.23. The summed E-state index contributed by atoms with van der Waals surface area (Å²) in [7, 11) is 1.63. The molecule has 0 spiro atoms. The zero-order valence-corrected chi connectivity index (χ0v) is 10.9. The topological polar surface area (TPSA) is 50.4 Å². The van der Waals surface area contributed by atoms with Crippen LogP contribution in [0, 0.1) is 5.41 Å². The van der Waals surface area contributed by atoms with Gasteiger partial charge in [-0.2, -0.15) is 0 Å². The predicted octanol–water partition coefficient (Wildman–Crippen LogP) is 0.917. The van der Waals surface area contributed by atoms with Gasteiger partial charge in [0, 0.05) is 13.7 Å². The standard InChI is InChI=1S/C12H24N2O2/c1-11(2,3)9-14-10(15)12(16-4)5-7-13-8-6-12/h13H,5-9H2,1-4H3,(H,14,15). The number of ether oxygens (including phenoxy) is 1. The number of carbonyl (C=O) groups is 1. The van der Waals surface area contributed by atoms with Crippen molar-refractivity contribution in [2.75, 3.05) is 26.7 Å². The van der Waals surface area contributed by atoms with Crippen LogP contribution in [-0.2, 0) is 9.53 Å². The van der Waals surface area contributed by atoms with Crippen LogP contribution in [0.2, 0.25) is 0 Å². The van der Waals surface area contributed by atoms with E-state index < -0.39 is 5.60 Å². The van der Waals surface area contributed by atoms with Gasteiger partial charge in [-0.15, -0.1) is 0 Å². The Morgan fingerprint density at radius 1 is 1.38 bits per heavy atom. The molecule has 2 N–H and O–H groups in total. The Balaban J connectivity index is 2.55. The summed E-state index contributed by atoms with van der Waals surface area (Å²) in [4.78, 5) is 12.1. The Labute approximate surface area is 98.1 Å². The van der Waals surface area contributed by atoms with Gasteiger partial charge in [0.1, 0.15) is 5.60 Å². The van der Waals surface area contributed by atoms with Gasteiger partial charge in [0.15, 0.2) is 0 Å². The maximum absolute atomic E-state index is 12.1. The lowest BCUT2D eigenvalue weighted by molar-refractivity contribution is -0.147. The van der Waals surface area contributed by atoms with Crippen LogP contribution < -0.4 is 10.6 Å². The van der Waals surface area contributed by atoms with Crippen molar-refractivity contribution in [2.24, 2.45) is 5.41 Å². The highest BCUT2D eigenvalue weighted by molar-refractivity contribution is 5.85. The second-order valence-corrected chi connectivity index (χ2v) is 5.69. The number of hydrogen-bond donors (Lipinski definition) is 2. The smallest absolute Gasteiger partial charge is 0.252 e. The monoisotopic (exact) mass is 228 g/mol. The van der Waals surface area contributed by atoms with Crippen molar-refractivity contribution in [2.45, 2.75) is 39.2 Å². The van der Waals surface area contributed by atoms with E-state index in [0.29, 0.717) is 6.54 Å². The first-order valence-electron chi connectivity index (χ1n) is 5.94. The van der Waals surface area contributed by atoms with E-state index in [-0.39, 0.29) is 11.3 Å². The summed E-state index contributed by atoms with van der Waals surface area (Å²) in [5.41, 5.74) is -0.506. The summed E-state index contributed by atoms with van der Waals surface area (Å²) in [6.45, 7) is 8.69. The first kappa shape index (κ1) is 13.5. The van der Waals surface area contributed by atoms with Gasteiger partial charge in [0.25, 0.3) is 5.91 Å². The largest absolute Gasteiger partial charge is 0.368 e. The Bertz CT molecular complexity index is 240. The predicted molar refractivity (Wildman–Crippen MR) is 64.3 cm³/mol. The van der Waals surface area contributed by atoms with E-state index >= 15 is 0 Å². The molecule has 1 saturated heterocycles. The van der Waals surface area contributed by atoms with Gasteiger partial charge < -0.3 is 15.4 Å². The molecule has 0 aromatic rings. The Kier molecular flexibility index (Phi) is 4.33. The first-order valence-corrected chi connectivity index (χ1v) is 5.94. The van der Waals surface area contributed by atoms with E-state index in [4.69, 9.17) is 4.74 Å². The zero-order valence-electron chi connectivity index (χ0n) is 10.9. The van der Waals surface area contributed by atoms with Crippen LogP contribution in [0.25, 0.3) is 0 Å². The van der Waals surface area contributed by atoms with Crippen LogP contribution in [0.3, 0.4) is 0 Å². The molecule has 0 radical (unpaired) electrons. The Hall–Kier alpha value is -0.610. The summed E-state index contributed by atoms with van der Waals surface area (Å²) in [6.07, 6.45) is 1.50. The molecule has 16 heavy (non-hydrogen) atoms. The molecule has 0 saturated carbocycles. The third-order valence-corrected chi connectivity index (χ3v) is 3.00. The number of piperidine rings is 1. The molecule has 0 aliphatic carbocycles. The van der Waals surface area contributed by atoms with E-state index in [2.05, 4.69) is 31.4 Å². The third kappa shape index (κ3) is 3.46. The van der Waals surface area contributed by atoms with Crippen LogP contribution in [-0.4, -0.2) is 38.3 Å². The molecule has 1 aliphatic heterocycles. The van der Waals surface area contributed by atoms with E-state index in [1.54, 1.807) is 7.11 Å². The highest BCUT2D eigenvalue weighted by Crippen LogP contribution is 2.23. The molecular formula is C12H24N2O2. The molecule has 0 aromatic carbocycles. The Morgan fingerprint density at radius 3 is 2.38 bits per heavy atom. The minimum Gasteiger partial charge on any atom is -0.368 e. The van der Waals surface area contributed by atoms with E-state index in [1.165, 1.54) is 0 Å². The highest BCUT2D eigenvalue weighted by Gasteiger charge is 2.39. The lowest BCUT2D eigenvalue weighted by Gasteiger charge is -2.35. The average Bonchev–Trinajstić information content (AvgIpc) is 2.25. The summed E-state index contributed by atoms with van der Waals surface area (Å²) in [6, 6.07) is 0. The van der Waals surface area contributed by atoms with Crippen LogP contribution in [0.1, 0.15) is 33.6 Å². The molecule has 1 rings (SSSR count). The van der Waals surface area contributed by atoms with Gasteiger partial charge in [0.2, 0.25) is 0 Å². The molecule has 4 heteroatoms. The van der Waals surface area contributed by atoms with Crippen molar-refractivity contribution in [3.8, 4) is 0 Å². The molecular weight excluding hydrogens is 204 g/mol. The highest BCUT2D eigenvalue weighted by atomic mass is 16.5. The molecule has 1 fully saturated rings. The zero-order chi connectivity index (χ0) is 12.2. The third-order valence-electron chi connectivity index (χ3n) is 3.00. The number of amides is 1. The molecule has 94 valence electrons. The molecule has 0 unspecified atom stereocenters. The lowest BCUT2D eigenvalue weighted by Crippen LogP contribution is -2.55. The quantitative estimate of drug-likeness (QED) is 0.755. The van der Waals surface area contributed by atoms with Gasteiger partial charge in [-0.25, -0.2) is 0 Å². The second kappa shape index (κ2) is 5.15. The second-order valence-electron chi connectivity index (χ2n) is 5.69. The van der Waals surface area contributed by atoms with Crippen LogP contribution in [0.4, 0.5) is 0 Å². The molecule has 4 nitrogen and oxygen atoms in total. The van der Waals surface area contributed by atoms with E-state index in [1.807, 2.05) is 0 Å². The number of nitrogens with one attached hydrogen (secondary N) is 2. The number of hydrogen-bond acceptors (Lipinski definition) is 3. The summed E-state index contributed by atoms with van der Waals surface area (Å²) in [5.74, 6) is 0.0337. The fourth-order valence-electron chi connectivity index (χ4n) is 1.86. The maximum Gasteiger partial charge on any atom is 0.252 e. The van der Waals surface area contributed by atoms with Crippen molar-refractivity contribution in [3.05, 3.63) is 0 Å². The average molecular weight is 228 g/mol. The van der Waals surface area contributed by atoms with Crippen LogP contribution in [0.5, 0.6) is 0 Å². The molecule has 1 heterocycles. The molecule has 0 atom stereocenters. The molecule has 1 aliphatic rings. The number of carbonyl (C=O) groups excluding carboxylic acids is 1. The first-order chi connectivity index (χ1) is 7.40. The molecule has 0 bridgehead atoms. The lowest BCUT2D eigenvalue weighted by atomic mass is 9.90. The van der Waals surface area contributed by atoms with E-state index in [9.17, 15) is 4.79 Å². The maximum atomic E-state index is 12.1. The van der Waals surface area contributed by atoms with Crippen LogP contribution >= 0.6 is 0 Å². The minimum absolute atomic E-state index is 0.0337. The summed E-state index contributed by atoms with van der Waals surface area (Å²) < 4.78 is 5.45. The van der Waals surface area contributed by atoms with Crippen molar-refractivity contribution in [3.63, 3.8) is 0 Å². The van der Waals surface area contributed by atoms with Crippen molar-refractivity contribution < 1.29 is 9.53 Å². The van der Waals surface area contributed by atoms with Gasteiger partial charge in [0.05, 0.1) is 0 Å². The number of rotatable bonds is 3.